The van der Waals surface area contributed by atoms with Gasteiger partial charge in [-0.25, -0.2) is 0 Å². The summed E-state index contributed by atoms with van der Waals surface area (Å²) in [6.45, 7) is 5.00. The minimum atomic E-state index is 0. The topological polar surface area (TPSA) is 3.24 Å². The quantitative estimate of drug-likeness (QED) is 0.473. The molecule has 1 radical (unpaired) electrons. The van der Waals surface area contributed by atoms with Gasteiger partial charge in [0, 0.05) is 0 Å². The Labute approximate surface area is 53.1 Å². The van der Waals surface area contributed by atoms with E-state index in [1.165, 1.54) is 0 Å². The molecule has 0 aromatic heterocycles. The number of rotatable bonds is 0. The molecule has 0 saturated carbocycles. The lowest BCUT2D eigenvalue weighted by molar-refractivity contribution is 0.505. The number of nitrogens with zero attached hydrogens (tertiary/aromatic N) is 1. The Kier molecular flexibility index (Phi) is 36.5. The summed E-state index contributed by atoms with van der Waals surface area (Å²) in [5, 5.41) is 0. The molecule has 0 N–H and O–H groups in total. The van der Waals surface area contributed by atoms with Crippen LogP contribution in [0, 0.1) is 6.92 Å². The van der Waals surface area contributed by atoms with E-state index in [2.05, 4.69) is 6.92 Å². The van der Waals surface area contributed by atoms with E-state index in [9.17, 15) is 0 Å². The predicted molar refractivity (Wildman–Crippen MR) is 37.9 cm³/mol. The molecular weight excluding hydrogens is 110 g/mol. The van der Waals surface area contributed by atoms with Crippen molar-refractivity contribution in [3.8, 4) is 0 Å². The smallest absolute Gasteiger partial charge is 0.0140 e. The normalized spacial score (nSPS) is 6.00. The lowest BCUT2D eigenvalue weighted by Gasteiger charge is -1.90. The van der Waals surface area contributed by atoms with Gasteiger partial charge in [-0.05, 0) is 21.1 Å². The molecule has 0 aromatic rings. The molecule has 0 rings (SSSR count). The highest BCUT2D eigenvalue weighted by Gasteiger charge is 1.58. The van der Waals surface area contributed by atoms with Crippen molar-refractivity contribution in [3.05, 3.63) is 6.92 Å². The molecule has 0 saturated heterocycles. The van der Waals surface area contributed by atoms with Crippen molar-refractivity contribution < 1.29 is 0 Å². The summed E-state index contributed by atoms with van der Waals surface area (Å²) in [5.41, 5.74) is 0. The lowest BCUT2D eigenvalue weighted by atomic mass is 11.0. The molecule has 0 spiro atoms. The van der Waals surface area contributed by atoms with Crippen molar-refractivity contribution in [2.75, 3.05) is 21.1 Å². The summed E-state index contributed by atoms with van der Waals surface area (Å²) in [5.74, 6) is 0. The van der Waals surface area contributed by atoms with Gasteiger partial charge in [-0.2, -0.15) is 0 Å². The first-order valence-electron chi connectivity index (χ1n) is 2.05. The van der Waals surface area contributed by atoms with Crippen LogP contribution in [0.2, 0.25) is 0 Å². The van der Waals surface area contributed by atoms with E-state index in [4.69, 9.17) is 0 Å². The molecule has 1 nitrogen and oxygen atoms in total. The van der Waals surface area contributed by atoms with Gasteiger partial charge in [-0.15, -0.1) is 12.4 Å². The van der Waals surface area contributed by atoms with Gasteiger partial charge in [0.2, 0.25) is 0 Å². The van der Waals surface area contributed by atoms with Crippen LogP contribution >= 0.6 is 12.4 Å². The number of hydrogen-bond donors (Lipinski definition) is 0. The van der Waals surface area contributed by atoms with Gasteiger partial charge < -0.3 is 4.90 Å². The highest BCUT2D eigenvalue weighted by Crippen LogP contribution is 1.47. The van der Waals surface area contributed by atoms with Gasteiger partial charge in [0.25, 0.3) is 0 Å². The van der Waals surface area contributed by atoms with E-state index < -0.39 is 0 Å². The van der Waals surface area contributed by atoms with Crippen molar-refractivity contribution >= 4 is 12.4 Å². The first-order valence-corrected chi connectivity index (χ1v) is 2.05. The molecule has 0 bridgehead atoms. The minimum Gasteiger partial charge on any atom is -0.312 e. The Balaban J connectivity index is -0.0000000480. The van der Waals surface area contributed by atoms with E-state index >= 15 is 0 Å². The maximum absolute atomic E-state index is 3.25. The summed E-state index contributed by atoms with van der Waals surface area (Å²) >= 11 is 0. The standard InChI is InChI=1S/C3H9N.C2H5.ClH/c1-4(2)3;1-2;/h1-3H3;1H2,2H3;1H. The fourth-order valence-corrected chi connectivity index (χ4v) is 0. The van der Waals surface area contributed by atoms with E-state index in [0.717, 1.165) is 0 Å². The van der Waals surface area contributed by atoms with Crippen LogP contribution in [0.15, 0.2) is 0 Å². The summed E-state index contributed by atoms with van der Waals surface area (Å²) in [6, 6.07) is 0. The minimum absolute atomic E-state index is 0. The second kappa shape index (κ2) is 16.3. The SMILES string of the molecule is CN(C)C.Cl.[CH2]C. The average molecular weight is 125 g/mol. The van der Waals surface area contributed by atoms with Gasteiger partial charge in [0.05, 0.1) is 0 Å². The summed E-state index contributed by atoms with van der Waals surface area (Å²) in [4.78, 5) is 2.00. The Morgan fingerprint density at radius 2 is 1.00 bits per heavy atom. The molecule has 0 amide bonds. The van der Waals surface area contributed by atoms with Crippen LogP contribution in [-0.2, 0) is 0 Å². The molecule has 0 atom stereocenters. The zero-order chi connectivity index (χ0) is 5.58. The zero-order valence-corrected chi connectivity index (χ0v) is 6.38. The van der Waals surface area contributed by atoms with Crippen LogP contribution in [0.4, 0.5) is 0 Å². The van der Waals surface area contributed by atoms with Gasteiger partial charge in [0.15, 0.2) is 0 Å². The van der Waals surface area contributed by atoms with E-state index in [1.54, 1.807) is 6.92 Å². The lowest BCUT2D eigenvalue weighted by Crippen LogP contribution is -1.99. The fraction of sp³-hybridized carbons (Fsp3) is 0.800. The summed E-state index contributed by atoms with van der Waals surface area (Å²) < 4.78 is 0. The molecule has 0 heterocycles. The summed E-state index contributed by atoms with van der Waals surface area (Å²) in [7, 11) is 6.00. The molecule has 0 unspecified atom stereocenters. The van der Waals surface area contributed by atoms with Crippen molar-refractivity contribution in [1.82, 2.24) is 4.90 Å². The molecule has 2 heteroatoms. The van der Waals surface area contributed by atoms with Crippen molar-refractivity contribution in [3.63, 3.8) is 0 Å². The Bertz CT molecular complexity index is 12.8. The molecule has 0 aliphatic rings. The average Bonchev–Trinajstić information content (AvgIpc) is 1.41. The van der Waals surface area contributed by atoms with Crippen LogP contribution in [0.3, 0.4) is 0 Å². The van der Waals surface area contributed by atoms with Gasteiger partial charge in [-0.1, -0.05) is 13.8 Å². The van der Waals surface area contributed by atoms with Crippen LogP contribution in [-0.4, -0.2) is 26.0 Å². The third-order valence-electron chi connectivity index (χ3n) is 0. The third kappa shape index (κ3) is 1810. The van der Waals surface area contributed by atoms with Gasteiger partial charge in [-0.3, -0.25) is 0 Å². The number of hydrogen-bond acceptors (Lipinski definition) is 1. The largest absolute Gasteiger partial charge is 0.312 e. The fourth-order valence-electron chi connectivity index (χ4n) is 0. The molecule has 0 aliphatic carbocycles. The highest BCUT2D eigenvalue weighted by atomic mass is 35.5. The molecular formula is C5H15ClN. The van der Waals surface area contributed by atoms with E-state index in [-0.39, 0.29) is 12.4 Å². The van der Waals surface area contributed by atoms with Gasteiger partial charge in [0.1, 0.15) is 0 Å². The monoisotopic (exact) mass is 124 g/mol. The maximum atomic E-state index is 3.25. The van der Waals surface area contributed by atoms with Crippen molar-refractivity contribution in [2.24, 2.45) is 0 Å². The maximum Gasteiger partial charge on any atom is -0.0140 e. The van der Waals surface area contributed by atoms with Crippen LogP contribution in [0.1, 0.15) is 6.92 Å². The first kappa shape index (κ1) is 15.7. The summed E-state index contributed by atoms with van der Waals surface area (Å²) in [6.07, 6.45) is 0. The van der Waals surface area contributed by atoms with Crippen molar-refractivity contribution in [1.29, 1.82) is 0 Å². The van der Waals surface area contributed by atoms with Crippen molar-refractivity contribution in [2.45, 2.75) is 6.92 Å². The second-order valence-corrected chi connectivity index (χ2v) is 1.34. The molecule has 7 heavy (non-hydrogen) atoms. The first-order chi connectivity index (χ1) is 2.73. The van der Waals surface area contributed by atoms with E-state index in [1.807, 2.05) is 26.0 Å². The predicted octanol–water partition coefficient (Wildman–Crippen LogP) is 1.44. The molecule has 0 fully saturated rings. The molecule has 47 valence electrons. The van der Waals surface area contributed by atoms with Gasteiger partial charge >= 0.3 is 0 Å². The zero-order valence-electron chi connectivity index (χ0n) is 5.56. The molecule has 0 aromatic carbocycles. The Hall–Kier alpha value is 0.250. The van der Waals surface area contributed by atoms with Crippen LogP contribution in [0.5, 0.6) is 0 Å². The Morgan fingerprint density at radius 1 is 1.00 bits per heavy atom. The highest BCUT2D eigenvalue weighted by molar-refractivity contribution is 5.85. The molecule has 0 aliphatic heterocycles. The van der Waals surface area contributed by atoms with Crippen LogP contribution < -0.4 is 0 Å². The third-order valence-corrected chi connectivity index (χ3v) is 0. The number of halogens is 1. The second-order valence-electron chi connectivity index (χ2n) is 1.34. The van der Waals surface area contributed by atoms with Crippen LogP contribution in [0.25, 0.3) is 0 Å². The Morgan fingerprint density at radius 3 is 1.00 bits per heavy atom. The van der Waals surface area contributed by atoms with E-state index in [0.29, 0.717) is 0 Å².